The molecule has 0 saturated heterocycles. The van der Waals surface area contributed by atoms with E-state index in [0.717, 1.165) is 28.4 Å². The van der Waals surface area contributed by atoms with Gasteiger partial charge in [-0.25, -0.2) is 0 Å². The number of methoxy groups -OCH3 is 2. The van der Waals surface area contributed by atoms with Crippen LogP contribution in [-0.4, -0.2) is 34.5 Å². The molecule has 0 aliphatic heterocycles. The van der Waals surface area contributed by atoms with E-state index in [1.807, 2.05) is 50.6 Å². The van der Waals surface area contributed by atoms with Crippen LogP contribution < -0.4 is 14.4 Å². The number of nitrogens with zero attached hydrogens (tertiary/aromatic N) is 2. The van der Waals surface area contributed by atoms with E-state index in [1.165, 1.54) is 0 Å². The second kappa shape index (κ2) is 6.79. The summed E-state index contributed by atoms with van der Waals surface area (Å²) >= 11 is 0. The monoisotopic (exact) mass is 284 g/mol. The molecule has 2 aromatic rings. The number of anilines is 1. The lowest BCUT2D eigenvalue weighted by molar-refractivity contribution is 0.404. The van der Waals surface area contributed by atoms with Gasteiger partial charge in [0, 0.05) is 32.1 Å². The van der Waals surface area contributed by atoms with E-state index in [1.54, 1.807) is 14.2 Å². The Morgan fingerprint density at radius 1 is 0.952 bits per heavy atom. The number of hydrogen-bond acceptors (Lipinski definition) is 4. The van der Waals surface area contributed by atoms with Crippen molar-refractivity contribution in [2.45, 2.75) is 0 Å². The first-order chi connectivity index (χ1) is 10.1. The number of ether oxygens (including phenoxy) is 2. The van der Waals surface area contributed by atoms with Crippen molar-refractivity contribution in [1.29, 1.82) is 0 Å². The van der Waals surface area contributed by atoms with Crippen molar-refractivity contribution in [2.75, 3.05) is 33.2 Å². The Morgan fingerprint density at radius 2 is 1.67 bits per heavy atom. The molecule has 110 valence electrons. The third-order valence-corrected chi connectivity index (χ3v) is 3.15. The van der Waals surface area contributed by atoms with Crippen LogP contribution in [0.15, 0.2) is 47.5 Å². The molecular formula is C17H20N2O2. The molecule has 4 heteroatoms. The fraction of sp³-hybridized carbons (Fsp3) is 0.235. The van der Waals surface area contributed by atoms with Crippen LogP contribution in [0.25, 0.3) is 0 Å². The van der Waals surface area contributed by atoms with E-state index in [9.17, 15) is 0 Å². The first kappa shape index (κ1) is 14.9. The van der Waals surface area contributed by atoms with Crippen LogP contribution in [0.1, 0.15) is 5.56 Å². The highest BCUT2D eigenvalue weighted by atomic mass is 16.5. The minimum absolute atomic E-state index is 0.719. The molecule has 0 fully saturated rings. The topological polar surface area (TPSA) is 34.1 Å². The summed E-state index contributed by atoms with van der Waals surface area (Å²) in [4.78, 5) is 6.55. The predicted octanol–water partition coefficient (Wildman–Crippen LogP) is 3.52. The second-order valence-electron chi connectivity index (χ2n) is 4.78. The van der Waals surface area contributed by atoms with Gasteiger partial charge in [-0.1, -0.05) is 12.1 Å². The minimum atomic E-state index is 0.719. The van der Waals surface area contributed by atoms with Crippen molar-refractivity contribution in [2.24, 2.45) is 4.99 Å². The van der Waals surface area contributed by atoms with Crippen molar-refractivity contribution < 1.29 is 9.47 Å². The molecule has 0 saturated carbocycles. The van der Waals surface area contributed by atoms with Gasteiger partial charge in [0.15, 0.2) is 0 Å². The van der Waals surface area contributed by atoms with Crippen molar-refractivity contribution in [1.82, 2.24) is 0 Å². The van der Waals surface area contributed by atoms with E-state index in [2.05, 4.69) is 22.0 Å². The fourth-order valence-electron chi connectivity index (χ4n) is 1.90. The fourth-order valence-corrected chi connectivity index (χ4v) is 1.90. The van der Waals surface area contributed by atoms with Crippen molar-refractivity contribution in [3.63, 3.8) is 0 Å². The van der Waals surface area contributed by atoms with Gasteiger partial charge in [0.1, 0.15) is 17.2 Å². The van der Waals surface area contributed by atoms with E-state index in [-0.39, 0.29) is 0 Å². The molecule has 0 spiro atoms. The van der Waals surface area contributed by atoms with Gasteiger partial charge in [-0.15, -0.1) is 0 Å². The molecule has 0 radical (unpaired) electrons. The molecule has 21 heavy (non-hydrogen) atoms. The number of rotatable bonds is 5. The third-order valence-electron chi connectivity index (χ3n) is 3.15. The average molecular weight is 284 g/mol. The van der Waals surface area contributed by atoms with Gasteiger partial charge < -0.3 is 14.4 Å². The molecule has 0 aliphatic carbocycles. The Bertz CT molecular complexity index is 619. The zero-order valence-electron chi connectivity index (χ0n) is 12.8. The molecule has 0 amide bonds. The quantitative estimate of drug-likeness (QED) is 0.788. The average Bonchev–Trinajstić information content (AvgIpc) is 2.52. The lowest BCUT2D eigenvalue weighted by atomic mass is 10.2. The third kappa shape index (κ3) is 3.75. The Balaban J connectivity index is 2.23. The number of hydrogen-bond donors (Lipinski definition) is 0. The van der Waals surface area contributed by atoms with Crippen LogP contribution in [-0.2, 0) is 0 Å². The largest absolute Gasteiger partial charge is 0.497 e. The molecule has 0 unspecified atom stereocenters. The molecule has 0 heterocycles. The number of aliphatic imine (C=N–C) groups is 1. The second-order valence-corrected chi connectivity index (χ2v) is 4.78. The maximum atomic E-state index is 5.31. The minimum Gasteiger partial charge on any atom is -0.497 e. The Hall–Kier alpha value is -2.49. The van der Waals surface area contributed by atoms with Gasteiger partial charge in [0.05, 0.1) is 14.2 Å². The molecule has 0 aromatic heterocycles. The summed E-state index contributed by atoms with van der Waals surface area (Å²) in [5.74, 6) is 1.47. The SMILES string of the molecule is COc1ccc(OC)c(N=Cc2ccc(N(C)C)cc2)c1. The summed E-state index contributed by atoms with van der Waals surface area (Å²) in [5.41, 5.74) is 2.94. The Morgan fingerprint density at radius 3 is 2.24 bits per heavy atom. The zero-order valence-corrected chi connectivity index (χ0v) is 12.8. The molecule has 0 aliphatic rings. The van der Waals surface area contributed by atoms with E-state index in [0.29, 0.717) is 0 Å². The molecule has 0 N–H and O–H groups in total. The molecule has 2 aromatic carbocycles. The first-order valence-electron chi connectivity index (χ1n) is 6.67. The highest BCUT2D eigenvalue weighted by molar-refractivity contribution is 5.83. The van der Waals surface area contributed by atoms with Crippen LogP contribution in [0.5, 0.6) is 11.5 Å². The van der Waals surface area contributed by atoms with Crippen molar-refractivity contribution in [3.05, 3.63) is 48.0 Å². The lowest BCUT2D eigenvalue weighted by Gasteiger charge is -2.11. The highest BCUT2D eigenvalue weighted by Crippen LogP contribution is 2.31. The van der Waals surface area contributed by atoms with Crippen LogP contribution in [0.2, 0.25) is 0 Å². The van der Waals surface area contributed by atoms with Crippen molar-refractivity contribution >= 4 is 17.6 Å². The summed E-state index contributed by atoms with van der Waals surface area (Å²) in [6.45, 7) is 0. The van der Waals surface area contributed by atoms with Gasteiger partial charge in [-0.05, 0) is 29.8 Å². The summed E-state index contributed by atoms with van der Waals surface area (Å²) in [6.07, 6.45) is 1.82. The Kier molecular flexibility index (Phi) is 4.82. The summed E-state index contributed by atoms with van der Waals surface area (Å²) in [6, 6.07) is 13.7. The van der Waals surface area contributed by atoms with Crippen LogP contribution in [0.3, 0.4) is 0 Å². The first-order valence-corrected chi connectivity index (χ1v) is 6.67. The molecule has 0 bridgehead atoms. The van der Waals surface area contributed by atoms with Crippen LogP contribution in [0, 0.1) is 0 Å². The molecule has 4 nitrogen and oxygen atoms in total. The molecule has 0 atom stereocenters. The van der Waals surface area contributed by atoms with Gasteiger partial charge >= 0.3 is 0 Å². The zero-order chi connectivity index (χ0) is 15.2. The van der Waals surface area contributed by atoms with E-state index in [4.69, 9.17) is 9.47 Å². The lowest BCUT2D eigenvalue weighted by Crippen LogP contribution is -2.08. The van der Waals surface area contributed by atoms with E-state index >= 15 is 0 Å². The maximum Gasteiger partial charge on any atom is 0.144 e. The summed E-state index contributed by atoms with van der Waals surface area (Å²) < 4.78 is 10.5. The van der Waals surface area contributed by atoms with Crippen LogP contribution >= 0.6 is 0 Å². The number of benzene rings is 2. The molecular weight excluding hydrogens is 264 g/mol. The van der Waals surface area contributed by atoms with Gasteiger partial charge in [0.2, 0.25) is 0 Å². The summed E-state index contributed by atoms with van der Waals surface area (Å²) in [7, 11) is 7.30. The van der Waals surface area contributed by atoms with Gasteiger partial charge in [-0.2, -0.15) is 0 Å². The standard InChI is InChI=1S/C17H20N2O2/c1-19(2)14-7-5-13(6-8-14)12-18-16-11-15(20-3)9-10-17(16)21-4/h5-12H,1-4H3. The predicted molar refractivity (Wildman–Crippen MR) is 87.6 cm³/mol. The van der Waals surface area contributed by atoms with Gasteiger partial charge in [0.25, 0.3) is 0 Å². The molecule has 2 rings (SSSR count). The highest BCUT2D eigenvalue weighted by Gasteiger charge is 2.03. The maximum absolute atomic E-state index is 5.31. The Labute approximate surface area is 125 Å². The van der Waals surface area contributed by atoms with E-state index < -0.39 is 0 Å². The van der Waals surface area contributed by atoms with Crippen LogP contribution in [0.4, 0.5) is 11.4 Å². The van der Waals surface area contributed by atoms with Crippen molar-refractivity contribution in [3.8, 4) is 11.5 Å². The smallest absolute Gasteiger partial charge is 0.144 e. The summed E-state index contributed by atoms with van der Waals surface area (Å²) in [5, 5.41) is 0. The van der Waals surface area contributed by atoms with Gasteiger partial charge in [-0.3, -0.25) is 4.99 Å². The normalized spacial score (nSPS) is 10.7.